The van der Waals surface area contributed by atoms with Gasteiger partial charge in [-0.2, -0.15) is 0 Å². The third kappa shape index (κ3) is 2.33. The van der Waals surface area contributed by atoms with E-state index in [0.29, 0.717) is 6.54 Å². The van der Waals surface area contributed by atoms with E-state index in [1.54, 1.807) is 23.7 Å². The zero-order valence-electron chi connectivity index (χ0n) is 10.9. The normalized spacial score (nSPS) is 14.3. The zero-order valence-corrected chi connectivity index (χ0v) is 11.8. The highest BCUT2D eigenvalue weighted by molar-refractivity contribution is 7.17. The Balaban J connectivity index is 2.00. The van der Waals surface area contributed by atoms with E-state index < -0.39 is 6.10 Å². The molecule has 0 aliphatic rings. The number of pyridine rings is 1. The second-order valence-corrected chi connectivity index (χ2v) is 5.67. The van der Waals surface area contributed by atoms with E-state index in [2.05, 4.69) is 11.1 Å². The summed E-state index contributed by atoms with van der Waals surface area (Å²) >= 11 is 1.65. The fourth-order valence-electron chi connectivity index (χ4n) is 2.49. The van der Waals surface area contributed by atoms with Gasteiger partial charge in [-0.1, -0.05) is 24.3 Å². The quantitative estimate of drug-likeness (QED) is 0.774. The summed E-state index contributed by atoms with van der Waals surface area (Å²) in [6.07, 6.45) is 2.89. The van der Waals surface area contributed by atoms with Gasteiger partial charge in [0.1, 0.15) is 0 Å². The summed E-state index contributed by atoms with van der Waals surface area (Å²) in [6, 6.07) is 11.9. The Bertz CT molecular complexity index is 696. The number of hydrogen-bond donors (Lipinski definition) is 2. The van der Waals surface area contributed by atoms with Crippen molar-refractivity contribution in [1.82, 2.24) is 4.98 Å². The van der Waals surface area contributed by atoms with E-state index in [1.165, 1.54) is 4.70 Å². The number of hydrogen-bond acceptors (Lipinski definition) is 4. The lowest BCUT2D eigenvalue weighted by atomic mass is 9.90. The SMILES string of the molecule is NCC(c1cccnc1)C(O)c1csc2ccccc12. The molecular formula is C16H16N2OS. The highest BCUT2D eigenvalue weighted by Crippen LogP contribution is 2.36. The van der Waals surface area contributed by atoms with Crippen LogP contribution in [0.25, 0.3) is 10.1 Å². The molecule has 0 spiro atoms. The van der Waals surface area contributed by atoms with Crippen LogP contribution >= 0.6 is 11.3 Å². The number of fused-ring (bicyclic) bond motifs is 1. The first kappa shape index (κ1) is 13.2. The molecule has 0 aliphatic heterocycles. The largest absolute Gasteiger partial charge is 0.388 e. The lowest BCUT2D eigenvalue weighted by Crippen LogP contribution is -2.20. The Hall–Kier alpha value is -1.75. The van der Waals surface area contributed by atoms with Crippen LogP contribution in [0.15, 0.2) is 54.2 Å². The number of thiophene rings is 1. The van der Waals surface area contributed by atoms with E-state index in [4.69, 9.17) is 5.73 Å². The lowest BCUT2D eigenvalue weighted by molar-refractivity contribution is 0.149. The van der Waals surface area contributed by atoms with Crippen LogP contribution in [0, 0.1) is 0 Å². The molecule has 0 saturated carbocycles. The minimum absolute atomic E-state index is 0.137. The van der Waals surface area contributed by atoms with Crippen molar-refractivity contribution in [2.75, 3.05) is 6.54 Å². The monoisotopic (exact) mass is 284 g/mol. The average molecular weight is 284 g/mol. The van der Waals surface area contributed by atoms with Gasteiger partial charge in [0.2, 0.25) is 0 Å². The van der Waals surface area contributed by atoms with Crippen molar-refractivity contribution < 1.29 is 5.11 Å². The molecule has 0 radical (unpaired) electrons. The van der Waals surface area contributed by atoms with Gasteiger partial charge in [-0.15, -0.1) is 11.3 Å². The van der Waals surface area contributed by atoms with Gasteiger partial charge in [-0.05, 0) is 34.0 Å². The molecule has 3 rings (SSSR count). The summed E-state index contributed by atoms with van der Waals surface area (Å²) < 4.78 is 1.18. The summed E-state index contributed by atoms with van der Waals surface area (Å²) in [6.45, 7) is 0.386. The molecule has 20 heavy (non-hydrogen) atoms. The molecule has 0 bridgehead atoms. The smallest absolute Gasteiger partial charge is 0.0885 e. The average Bonchev–Trinajstić information content (AvgIpc) is 2.93. The molecule has 3 N–H and O–H groups in total. The van der Waals surface area contributed by atoms with Crippen molar-refractivity contribution in [3.63, 3.8) is 0 Å². The van der Waals surface area contributed by atoms with E-state index in [-0.39, 0.29) is 5.92 Å². The van der Waals surface area contributed by atoms with E-state index >= 15 is 0 Å². The van der Waals surface area contributed by atoms with E-state index in [9.17, 15) is 5.11 Å². The Labute approximate surface area is 121 Å². The van der Waals surface area contributed by atoms with Crippen molar-refractivity contribution >= 4 is 21.4 Å². The van der Waals surface area contributed by atoms with Crippen LogP contribution < -0.4 is 5.73 Å². The van der Waals surface area contributed by atoms with Crippen molar-refractivity contribution in [3.05, 3.63) is 65.3 Å². The van der Waals surface area contributed by atoms with Gasteiger partial charge >= 0.3 is 0 Å². The van der Waals surface area contributed by atoms with Crippen LogP contribution in [0.2, 0.25) is 0 Å². The van der Waals surface area contributed by atoms with Crippen molar-refractivity contribution in [3.8, 4) is 0 Å². The van der Waals surface area contributed by atoms with Crippen LogP contribution in [-0.4, -0.2) is 16.6 Å². The molecule has 1 aromatic carbocycles. The maximum atomic E-state index is 10.7. The fraction of sp³-hybridized carbons (Fsp3) is 0.188. The van der Waals surface area contributed by atoms with E-state index in [0.717, 1.165) is 16.5 Å². The number of aliphatic hydroxyl groups excluding tert-OH is 1. The van der Waals surface area contributed by atoms with E-state index in [1.807, 2.05) is 35.7 Å². The second-order valence-electron chi connectivity index (χ2n) is 4.76. The molecule has 0 saturated heterocycles. The first-order valence-corrected chi connectivity index (χ1v) is 7.43. The number of rotatable bonds is 4. The third-order valence-corrected chi connectivity index (χ3v) is 4.56. The molecule has 3 nitrogen and oxygen atoms in total. The molecule has 0 aliphatic carbocycles. The number of nitrogens with two attached hydrogens (primary N) is 1. The number of nitrogens with zero attached hydrogens (tertiary/aromatic N) is 1. The van der Waals surface area contributed by atoms with Gasteiger partial charge in [-0.25, -0.2) is 0 Å². The summed E-state index contributed by atoms with van der Waals surface area (Å²) in [5.74, 6) is -0.137. The predicted molar refractivity (Wildman–Crippen MR) is 82.8 cm³/mol. The number of aliphatic hydroxyl groups is 1. The molecule has 2 aromatic heterocycles. The van der Waals surface area contributed by atoms with Gasteiger partial charge < -0.3 is 10.8 Å². The lowest BCUT2D eigenvalue weighted by Gasteiger charge is -2.21. The highest BCUT2D eigenvalue weighted by atomic mass is 32.1. The predicted octanol–water partition coefficient (Wildman–Crippen LogP) is 3.07. The number of aromatic nitrogens is 1. The minimum Gasteiger partial charge on any atom is -0.388 e. The molecule has 4 heteroatoms. The Morgan fingerprint density at radius 2 is 2.05 bits per heavy atom. The van der Waals surface area contributed by atoms with Gasteiger partial charge in [0, 0.05) is 29.6 Å². The van der Waals surface area contributed by atoms with Gasteiger partial charge in [0.15, 0.2) is 0 Å². The first-order chi connectivity index (χ1) is 9.81. The second kappa shape index (κ2) is 5.71. The summed E-state index contributed by atoms with van der Waals surface area (Å²) in [7, 11) is 0. The molecule has 2 atom stereocenters. The molecular weight excluding hydrogens is 268 g/mol. The Morgan fingerprint density at radius 1 is 1.20 bits per heavy atom. The fourth-order valence-corrected chi connectivity index (χ4v) is 3.48. The Kier molecular flexibility index (Phi) is 3.78. The van der Waals surface area contributed by atoms with Crippen LogP contribution in [-0.2, 0) is 0 Å². The van der Waals surface area contributed by atoms with Crippen LogP contribution in [0.5, 0.6) is 0 Å². The maximum Gasteiger partial charge on any atom is 0.0885 e. The summed E-state index contributed by atoms with van der Waals surface area (Å²) in [5, 5.41) is 13.8. The van der Waals surface area contributed by atoms with Crippen molar-refractivity contribution in [2.45, 2.75) is 12.0 Å². The van der Waals surface area contributed by atoms with Crippen LogP contribution in [0.1, 0.15) is 23.1 Å². The van der Waals surface area contributed by atoms with Gasteiger partial charge in [-0.3, -0.25) is 4.98 Å². The van der Waals surface area contributed by atoms with Crippen molar-refractivity contribution in [2.24, 2.45) is 5.73 Å². The first-order valence-electron chi connectivity index (χ1n) is 6.55. The molecule has 102 valence electrons. The molecule has 2 unspecified atom stereocenters. The van der Waals surface area contributed by atoms with Crippen LogP contribution in [0.3, 0.4) is 0 Å². The topological polar surface area (TPSA) is 59.1 Å². The molecule has 0 amide bonds. The summed E-state index contributed by atoms with van der Waals surface area (Å²) in [5.41, 5.74) is 7.79. The third-order valence-electron chi connectivity index (χ3n) is 3.58. The molecule has 3 aromatic rings. The van der Waals surface area contributed by atoms with Gasteiger partial charge in [0.25, 0.3) is 0 Å². The number of benzene rings is 1. The van der Waals surface area contributed by atoms with Gasteiger partial charge in [0.05, 0.1) is 6.10 Å². The zero-order chi connectivity index (χ0) is 13.9. The van der Waals surface area contributed by atoms with Crippen molar-refractivity contribution in [1.29, 1.82) is 0 Å². The standard InChI is InChI=1S/C16H16N2OS/c17-8-13(11-4-3-7-18-9-11)16(19)14-10-20-15-6-2-1-5-12(14)15/h1-7,9-10,13,16,19H,8,17H2. The highest BCUT2D eigenvalue weighted by Gasteiger charge is 2.24. The summed E-state index contributed by atoms with van der Waals surface area (Å²) in [4.78, 5) is 4.12. The molecule has 0 fully saturated rings. The minimum atomic E-state index is -0.611. The maximum absolute atomic E-state index is 10.7. The Morgan fingerprint density at radius 3 is 2.80 bits per heavy atom. The van der Waals surface area contributed by atoms with Crippen LogP contribution in [0.4, 0.5) is 0 Å². The molecule has 2 heterocycles.